The lowest BCUT2D eigenvalue weighted by molar-refractivity contribution is -0.117. The Kier molecular flexibility index (Phi) is 4.20. The van der Waals surface area contributed by atoms with Gasteiger partial charge in [-0.25, -0.2) is 0 Å². The summed E-state index contributed by atoms with van der Waals surface area (Å²) in [6.45, 7) is 0. The lowest BCUT2D eigenvalue weighted by Gasteiger charge is -2.10. The van der Waals surface area contributed by atoms with Crippen LogP contribution in [0.5, 0.6) is 0 Å². The molecule has 0 aliphatic rings. The Labute approximate surface area is 120 Å². The summed E-state index contributed by atoms with van der Waals surface area (Å²) >= 11 is 3.42. The minimum atomic E-state index is -0.675. The van der Waals surface area contributed by atoms with E-state index in [0.717, 1.165) is 15.2 Å². The Bertz CT molecular complexity index is 661. The molecule has 0 fully saturated rings. The molecule has 0 spiro atoms. The average Bonchev–Trinajstić information content (AvgIpc) is 2.39. The van der Waals surface area contributed by atoms with Crippen LogP contribution in [0.2, 0.25) is 0 Å². The first-order valence-corrected chi connectivity index (χ1v) is 6.58. The molecule has 2 aromatic carbocycles. The Balaban J connectivity index is 2.20. The van der Waals surface area contributed by atoms with E-state index in [1.165, 1.54) is 0 Å². The summed E-state index contributed by atoms with van der Waals surface area (Å²) in [5.41, 5.74) is 6.36. The number of nitrogens with two attached hydrogens (primary N) is 1. The van der Waals surface area contributed by atoms with Crippen LogP contribution in [-0.4, -0.2) is 11.9 Å². The number of nitrogens with one attached hydrogen (secondary N) is 1. The molecule has 0 heterocycles. The van der Waals surface area contributed by atoms with Crippen LogP contribution >= 0.6 is 15.9 Å². The zero-order valence-corrected chi connectivity index (χ0v) is 11.8. The van der Waals surface area contributed by atoms with E-state index in [2.05, 4.69) is 27.2 Å². The zero-order chi connectivity index (χ0) is 13.8. The van der Waals surface area contributed by atoms with E-state index in [0.29, 0.717) is 5.69 Å². The van der Waals surface area contributed by atoms with Gasteiger partial charge in [0.25, 0.3) is 0 Å². The molecule has 0 aliphatic heterocycles. The molecule has 96 valence electrons. The van der Waals surface area contributed by atoms with Gasteiger partial charge in [-0.1, -0.05) is 28.1 Å². The Hall–Kier alpha value is -1.83. The van der Waals surface area contributed by atoms with Crippen LogP contribution in [0.15, 0.2) is 40.9 Å². The van der Waals surface area contributed by atoms with Crippen LogP contribution in [-0.2, 0) is 4.79 Å². The fraction of sp³-hybridized carbons (Fsp3) is 0.133. The first-order valence-electron chi connectivity index (χ1n) is 5.79. The molecule has 2 aromatic rings. The molecule has 0 aromatic heterocycles. The molecule has 4 heteroatoms. The van der Waals surface area contributed by atoms with Crippen LogP contribution in [0.1, 0.15) is 6.42 Å². The quantitative estimate of drug-likeness (QED) is 0.855. The molecule has 0 saturated heterocycles. The van der Waals surface area contributed by atoms with Crippen molar-refractivity contribution in [3.63, 3.8) is 0 Å². The van der Waals surface area contributed by atoms with Gasteiger partial charge in [0.05, 0.1) is 6.04 Å². The standard InChI is InChI=1S/C15H13BrN2O/c1-2-3-14(17)15(19)18-13-7-5-10-8-12(16)6-4-11(10)9-13/h1,4-9,14H,3,17H2,(H,18,19)/t14-/m0/s1. The maximum atomic E-state index is 11.8. The smallest absolute Gasteiger partial charge is 0.242 e. The highest BCUT2D eigenvalue weighted by Crippen LogP contribution is 2.23. The highest BCUT2D eigenvalue weighted by molar-refractivity contribution is 9.10. The fourth-order valence-corrected chi connectivity index (χ4v) is 2.13. The lowest BCUT2D eigenvalue weighted by atomic mass is 10.1. The first kappa shape index (κ1) is 13.6. The van der Waals surface area contributed by atoms with Crippen molar-refractivity contribution in [3.8, 4) is 12.3 Å². The van der Waals surface area contributed by atoms with Crippen molar-refractivity contribution in [2.45, 2.75) is 12.5 Å². The third-order valence-corrected chi connectivity index (χ3v) is 3.24. The Morgan fingerprint density at radius 3 is 2.74 bits per heavy atom. The van der Waals surface area contributed by atoms with E-state index in [9.17, 15) is 4.79 Å². The van der Waals surface area contributed by atoms with Gasteiger partial charge in [-0.15, -0.1) is 12.3 Å². The maximum absolute atomic E-state index is 11.8. The van der Waals surface area contributed by atoms with Gasteiger partial charge in [0.1, 0.15) is 0 Å². The molecule has 0 saturated carbocycles. The molecule has 3 nitrogen and oxygen atoms in total. The minimum absolute atomic E-state index is 0.229. The minimum Gasteiger partial charge on any atom is -0.325 e. The fourth-order valence-electron chi connectivity index (χ4n) is 1.75. The normalized spacial score (nSPS) is 11.8. The van der Waals surface area contributed by atoms with Gasteiger partial charge in [0.2, 0.25) is 5.91 Å². The summed E-state index contributed by atoms with van der Waals surface area (Å²) in [5, 5.41) is 4.91. The molecule has 3 N–H and O–H groups in total. The molecule has 2 rings (SSSR count). The second-order valence-corrected chi connectivity index (χ2v) is 5.13. The van der Waals surface area contributed by atoms with Crippen LogP contribution < -0.4 is 11.1 Å². The monoisotopic (exact) mass is 316 g/mol. The lowest BCUT2D eigenvalue weighted by Crippen LogP contribution is -2.35. The Morgan fingerprint density at radius 1 is 1.32 bits per heavy atom. The van der Waals surface area contributed by atoms with Crippen LogP contribution in [0.3, 0.4) is 0 Å². The molecule has 0 unspecified atom stereocenters. The summed E-state index contributed by atoms with van der Waals surface area (Å²) in [5.74, 6) is 2.11. The van der Waals surface area contributed by atoms with E-state index in [1.54, 1.807) is 0 Å². The van der Waals surface area contributed by atoms with Crippen molar-refractivity contribution in [2.24, 2.45) is 5.73 Å². The van der Waals surface area contributed by atoms with Gasteiger partial charge in [-0.3, -0.25) is 4.79 Å². The second-order valence-electron chi connectivity index (χ2n) is 4.21. The van der Waals surface area contributed by atoms with Crippen LogP contribution in [0, 0.1) is 12.3 Å². The van der Waals surface area contributed by atoms with E-state index in [4.69, 9.17) is 12.2 Å². The van der Waals surface area contributed by atoms with Crippen molar-refractivity contribution in [3.05, 3.63) is 40.9 Å². The zero-order valence-electron chi connectivity index (χ0n) is 10.2. The molecule has 1 atom stereocenters. The van der Waals surface area contributed by atoms with Gasteiger partial charge >= 0.3 is 0 Å². The number of hydrogen-bond acceptors (Lipinski definition) is 2. The summed E-state index contributed by atoms with van der Waals surface area (Å²) in [7, 11) is 0. The molecule has 0 bridgehead atoms. The first-order chi connectivity index (χ1) is 9.10. The van der Waals surface area contributed by atoms with Crippen LogP contribution in [0.25, 0.3) is 10.8 Å². The number of carbonyl (C=O) groups excluding carboxylic acids is 1. The number of amides is 1. The maximum Gasteiger partial charge on any atom is 0.242 e. The van der Waals surface area contributed by atoms with Crippen molar-refractivity contribution in [2.75, 3.05) is 5.32 Å². The number of anilines is 1. The second kappa shape index (κ2) is 5.87. The highest BCUT2D eigenvalue weighted by atomic mass is 79.9. The topological polar surface area (TPSA) is 55.1 Å². The molecule has 1 amide bonds. The highest BCUT2D eigenvalue weighted by Gasteiger charge is 2.12. The predicted octanol–water partition coefficient (Wildman–Crippen LogP) is 2.89. The van der Waals surface area contributed by atoms with E-state index in [1.807, 2.05) is 36.4 Å². The number of terminal acetylenes is 1. The number of rotatable bonds is 3. The number of fused-ring (bicyclic) bond motifs is 1. The predicted molar refractivity (Wildman–Crippen MR) is 81.7 cm³/mol. The van der Waals surface area contributed by atoms with Gasteiger partial charge in [0.15, 0.2) is 0 Å². The van der Waals surface area contributed by atoms with Crippen molar-refractivity contribution in [1.82, 2.24) is 0 Å². The third kappa shape index (κ3) is 3.34. The van der Waals surface area contributed by atoms with E-state index < -0.39 is 6.04 Å². The van der Waals surface area contributed by atoms with Crippen molar-refractivity contribution < 1.29 is 4.79 Å². The largest absolute Gasteiger partial charge is 0.325 e. The van der Waals surface area contributed by atoms with Crippen molar-refractivity contribution in [1.29, 1.82) is 0 Å². The van der Waals surface area contributed by atoms with Gasteiger partial charge in [-0.05, 0) is 35.0 Å². The average molecular weight is 317 g/mol. The SMILES string of the molecule is C#CC[C@H](N)C(=O)Nc1ccc2cc(Br)ccc2c1. The van der Waals surface area contributed by atoms with Crippen molar-refractivity contribution >= 4 is 38.3 Å². The van der Waals surface area contributed by atoms with Gasteiger partial charge in [-0.2, -0.15) is 0 Å². The molecular formula is C15H13BrN2O. The summed E-state index contributed by atoms with van der Waals surface area (Å²) in [6, 6.07) is 11.0. The van der Waals surface area contributed by atoms with Gasteiger partial charge in [0, 0.05) is 16.6 Å². The number of hydrogen-bond donors (Lipinski definition) is 2. The van der Waals surface area contributed by atoms with E-state index in [-0.39, 0.29) is 12.3 Å². The van der Waals surface area contributed by atoms with Crippen LogP contribution in [0.4, 0.5) is 5.69 Å². The molecule has 0 aliphatic carbocycles. The van der Waals surface area contributed by atoms with Gasteiger partial charge < -0.3 is 11.1 Å². The molecule has 19 heavy (non-hydrogen) atoms. The molecular weight excluding hydrogens is 304 g/mol. The summed E-state index contributed by atoms with van der Waals surface area (Å²) < 4.78 is 1.02. The number of benzene rings is 2. The Morgan fingerprint density at radius 2 is 2.00 bits per heavy atom. The summed E-state index contributed by atoms with van der Waals surface area (Å²) in [4.78, 5) is 11.8. The van der Waals surface area contributed by atoms with E-state index >= 15 is 0 Å². The third-order valence-electron chi connectivity index (χ3n) is 2.74. The molecule has 0 radical (unpaired) electrons. The number of carbonyl (C=O) groups is 1. The summed E-state index contributed by atoms with van der Waals surface area (Å²) in [6.07, 6.45) is 5.36. The number of halogens is 1.